The quantitative estimate of drug-likeness (QED) is 0.745. The molecule has 0 radical (unpaired) electrons. The van der Waals surface area contributed by atoms with E-state index in [0.29, 0.717) is 25.1 Å². The van der Waals surface area contributed by atoms with Crippen molar-refractivity contribution in [1.82, 2.24) is 5.32 Å². The first-order valence-electron chi connectivity index (χ1n) is 9.91. The van der Waals surface area contributed by atoms with Crippen molar-refractivity contribution >= 4 is 12.4 Å². The van der Waals surface area contributed by atoms with E-state index in [4.69, 9.17) is 22.4 Å². The van der Waals surface area contributed by atoms with Gasteiger partial charge in [-0.15, -0.1) is 12.4 Å². The highest BCUT2D eigenvalue weighted by atomic mass is 35.5. The topological polar surface area (TPSA) is 39.7 Å². The van der Waals surface area contributed by atoms with Crippen molar-refractivity contribution in [3.05, 3.63) is 53.6 Å². The van der Waals surface area contributed by atoms with E-state index in [2.05, 4.69) is 5.32 Å². The van der Waals surface area contributed by atoms with Crippen LogP contribution < -0.4 is 19.5 Å². The Bertz CT molecular complexity index is 783. The Kier molecular flexibility index (Phi) is 5.03. The molecule has 0 fully saturated rings. The number of ether oxygens (including phenoxy) is 3. The van der Waals surface area contributed by atoms with E-state index in [0.717, 1.165) is 11.3 Å². The van der Waals surface area contributed by atoms with Gasteiger partial charge in [-0.05, 0) is 42.8 Å². The van der Waals surface area contributed by atoms with Crippen molar-refractivity contribution in [2.45, 2.75) is 13.0 Å². The third kappa shape index (κ3) is 5.34. The molecule has 2 aromatic carbocycles. The van der Waals surface area contributed by atoms with Crippen molar-refractivity contribution in [2.75, 3.05) is 27.7 Å². The second-order valence-electron chi connectivity index (χ2n) is 4.71. The van der Waals surface area contributed by atoms with Gasteiger partial charge in [0.1, 0.15) is 17.2 Å². The van der Waals surface area contributed by atoms with Gasteiger partial charge in [-0.2, -0.15) is 0 Å². The molecule has 1 N–H and O–H groups in total. The molecule has 0 aliphatic rings. The predicted molar refractivity (Wildman–Crippen MR) is 95.2 cm³/mol. The van der Waals surface area contributed by atoms with Crippen molar-refractivity contribution in [3.63, 3.8) is 0 Å². The number of methoxy groups -OCH3 is 3. The minimum Gasteiger partial charge on any atom is -0.497 e. The van der Waals surface area contributed by atoms with Crippen LogP contribution in [0.25, 0.3) is 0 Å². The fraction of sp³-hybridized carbons (Fsp3) is 0.333. The van der Waals surface area contributed by atoms with Crippen LogP contribution in [-0.4, -0.2) is 27.7 Å². The lowest BCUT2D eigenvalue weighted by Gasteiger charge is -2.12. The summed E-state index contributed by atoms with van der Waals surface area (Å²) in [5, 5.41) is 3.25. The maximum atomic E-state index is 7.29. The number of benzene rings is 2. The Morgan fingerprint density at radius 2 is 1.74 bits per heavy atom. The Morgan fingerprint density at radius 3 is 2.52 bits per heavy atom. The van der Waals surface area contributed by atoms with E-state index < -0.39 is 14.1 Å². The van der Waals surface area contributed by atoms with Crippen molar-refractivity contribution in [2.24, 2.45) is 0 Å². The van der Waals surface area contributed by atoms with Gasteiger partial charge >= 0.3 is 0 Å². The number of hydrogen-bond donors (Lipinski definition) is 1. The molecule has 23 heavy (non-hydrogen) atoms. The van der Waals surface area contributed by atoms with Crippen LogP contribution >= 0.6 is 12.4 Å². The summed E-state index contributed by atoms with van der Waals surface area (Å²) in [7, 11) is -3.59. The fourth-order valence-corrected chi connectivity index (χ4v) is 2.21. The molecule has 0 spiro atoms. The molecule has 0 aromatic heterocycles. The SMILES string of the molecule is Cl.[2H]C([2H])([2H])Oc1ccc(OC([2H])([2H])[2H])c(CCNCc2ccccc2OC)c1. The van der Waals surface area contributed by atoms with Crippen LogP contribution in [0.4, 0.5) is 0 Å². The second kappa shape index (κ2) is 9.98. The van der Waals surface area contributed by atoms with Crippen LogP contribution in [-0.2, 0) is 13.0 Å². The van der Waals surface area contributed by atoms with E-state index in [1.165, 1.54) is 18.2 Å². The van der Waals surface area contributed by atoms with E-state index in [9.17, 15) is 0 Å². The maximum absolute atomic E-state index is 7.29. The molecule has 2 aromatic rings. The Labute approximate surface area is 152 Å². The first-order valence-corrected chi connectivity index (χ1v) is 6.91. The summed E-state index contributed by atoms with van der Waals surface area (Å²) in [5.41, 5.74) is 1.52. The monoisotopic (exact) mass is 343 g/mol. The molecule has 2 rings (SSSR count). The molecular weight excluding hydrogens is 314 g/mol. The summed E-state index contributed by atoms with van der Waals surface area (Å²) in [6, 6.07) is 11.9. The standard InChI is InChI=1S/C18H23NO3.ClH/c1-20-16-8-9-18(22-3)14(12-16)10-11-19-13-15-6-4-5-7-17(15)21-2;/h4-9,12,19H,10-11,13H2,1-3H3;1H/i1D3,3D3;. The molecule has 0 aliphatic heterocycles. The van der Waals surface area contributed by atoms with Crippen LogP contribution in [0.15, 0.2) is 42.5 Å². The zero-order valence-electron chi connectivity index (χ0n) is 18.8. The number of para-hydroxylation sites is 1. The molecule has 0 amide bonds. The third-order valence-corrected chi connectivity index (χ3v) is 3.34. The van der Waals surface area contributed by atoms with Crippen LogP contribution in [0.3, 0.4) is 0 Å². The predicted octanol–water partition coefficient (Wildman–Crippen LogP) is 3.47. The molecule has 0 unspecified atom stereocenters. The number of hydrogen-bond acceptors (Lipinski definition) is 4. The fourth-order valence-electron chi connectivity index (χ4n) is 2.21. The molecule has 0 atom stereocenters. The lowest BCUT2D eigenvalue weighted by molar-refractivity contribution is 0.398. The largest absolute Gasteiger partial charge is 0.497 e. The van der Waals surface area contributed by atoms with Gasteiger partial charge in [-0.1, -0.05) is 18.2 Å². The van der Waals surface area contributed by atoms with Gasteiger partial charge < -0.3 is 19.5 Å². The zero-order valence-corrected chi connectivity index (χ0v) is 13.6. The molecule has 0 bridgehead atoms. The molecule has 5 heteroatoms. The van der Waals surface area contributed by atoms with E-state index >= 15 is 0 Å². The van der Waals surface area contributed by atoms with E-state index in [1.54, 1.807) is 7.11 Å². The molecule has 0 aliphatic carbocycles. The maximum Gasteiger partial charge on any atom is 0.123 e. The summed E-state index contributed by atoms with van der Waals surface area (Å²) < 4.78 is 58.7. The smallest absolute Gasteiger partial charge is 0.123 e. The Hall–Kier alpha value is -1.91. The van der Waals surface area contributed by atoms with Gasteiger partial charge in [0, 0.05) is 12.1 Å². The normalized spacial score (nSPS) is 14.8. The molecule has 0 saturated heterocycles. The Balaban J connectivity index is 0.00000420. The first-order chi connectivity index (χ1) is 13.1. The summed E-state index contributed by atoms with van der Waals surface area (Å²) in [5.74, 6) is 1.06. The minimum atomic E-state index is -2.61. The molecule has 0 heterocycles. The number of nitrogens with one attached hydrogen (secondary N) is 1. The zero-order chi connectivity index (χ0) is 20.8. The Morgan fingerprint density at radius 1 is 0.957 bits per heavy atom. The molecule has 0 saturated carbocycles. The molecule has 126 valence electrons. The first kappa shape index (κ1) is 11.6. The van der Waals surface area contributed by atoms with E-state index in [1.807, 2.05) is 24.3 Å². The summed E-state index contributed by atoms with van der Waals surface area (Å²) in [6.45, 7) is 1.07. The van der Waals surface area contributed by atoms with Crippen molar-refractivity contribution in [1.29, 1.82) is 0 Å². The molecule has 4 nitrogen and oxygen atoms in total. The van der Waals surface area contributed by atoms with Gasteiger partial charge in [0.05, 0.1) is 29.4 Å². The lowest BCUT2D eigenvalue weighted by atomic mass is 10.1. The average Bonchev–Trinajstić information content (AvgIpc) is 2.58. The van der Waals surface area contributed by atoms with Crippen molar-refractivity contribution < 1.29 is 22.4 Å². The van der Waals surface area contributed by atoms with Gasteiger partial charge in [0.15, 0.2) is 0 Å². The summed E-state index contributed by atoms with van der Waals surface area (Å²) in [4.78, 5) is 0. The van der Waals surface area contributed by atoms with Crippen molar-refractivity contribution in [3.8, 4) is 17.2 Å². The molecular formula is C18H24ClNO3. The van der Waals surface area contributed by atoms with Gasteiger partial charge in [-0.3, -0.25) is 0 Å². The van der Waals surface area contributed by atoms with Gasteiger partial charge in [0.25, 0.3) is 0 Å². The number of halogens is 1. The van der Waals surface area contributed by atoms with Crippen LogP contribution in [0.5, 0.6) is 17.2 Å². The van der Waals surface area contributed by atoms with Crippen LogP contribution in [0.2, 0.25) is 0 Å². The highest BCUT2D eigenvalue weighted by Gasteiger charge is 2.05. The highest BCUT2D eigenvalue weighted by Crippen LogP contribution is 2.24. The van der Waals surface area contributed by atoms with E-state index in [-0.39, 0.29) is 23.9 Å². The van der Waals surface area contributed by atoms with Gasteiger partial charge in [-0.25, -0.2) is 0 Å². The average molecular weight is 344 g/mol. The van der Waals surface area contributed by atoms with Gasteiger partial charge in [0.2, 0.25) is 0 Å². The van der Waals surface area contributed by atoms with Crippen LogP contribution in [0.1, 0.15) is 19.4 Å². The number of rotatable bonds is 8. The van der Waals surface area contributed by atoms with Crippen LogP contribution in [0, 0.1) is 0 Å². The second-order valence-corrected chi connectivity index (χ2v) is 4.71. The summed E-state index contributed by atoms with van der Waals surface area (Å²) >= 11 is 0. The third-order valence-electron chi connectivity index (χ3n) is 3.34. The highest BCUT2D eigenvalue weighted by molar-refractivity contribution is 5.85. The summed E-state index contributed by atoms with van der Waals surface area (Å²) in [6.07, 6.45) is 0.415. The lowest BCUT2D eigenvalue weighted by Crippen LogP contribution is -2.17. The minimum absolute atomic E-state index is 0.